The van der Waals surface area contributed by atoms with Crippen molar-refractivity contribution in [2.75, 3.05) is 23.3 Å². The van der Waals surface area contributed by atoms with E-state index in [-0.39, 0.29) is 12.1 Å². The molecule has 1 fully saturated rings. The first-order chi connectivity index (χ1) is 12.2. The molecule has 4 rings (SSSR count). The van der Waals surface area contributed by atoms with Crippen LogP contribution in [0.2, 0.25) is 0 Å². The van der Waals surface area contributed by atoms with Crippen LogP contribution in [0, 0.1) is 0 Å². The van der Waals surface area contributed by atoms with Gasteiger partial charge in [-0.05, 0) is 55.7 Å². The van der Waals surface area contributed by atoms with E-state index in [9.17, 15) is 5.11 Å². The lowest BCUT2D eigenvalue weighted by Gasteiger charge is -2.31. The number of hydrogen-bond acceptors (Lipinski definition) is 4. The van der Waals surface area contributed by atoms with Crippen LogP contribution in [-0.4, -0.2) is 34.5 Å². The molecule has 3 aromatic rings. The molecule has 130 valence electrons. The van der Waals surface area contributed by atoms with E-state index in [4.69, 9.17) is 0 Å². The second kappa shape index (κ2) is 6.76. The van der Waals surface area contributed by atoms with Gasteiger partial charge in [0.1, 0.15) is 0 Å². The third-order valence-electron chi connectivity index (χ3n) is 5.05. The molecular weight excluding hydrogens is 312 g/mol. The minimum Gasteiger partial charge on any atom is -0.393 e. The van der Waals surface area contributed by atoms with Crippen LogP contribution >= 0.6 is 0 Å². The molecule has 5 nitrogen and oxygen atoms in total. The van der Waals surface area contributed by atoms with Gasteiger partial charge in [-0.15, -0.1) is 0 Å². The lowest BCUT2D eigenvalue weighted by molar-refractivity contribution is 0.145. The van der Waals surface area contributed by atoms with E-state index in [1.165, 1.54) is 11.3 Å². The summed E-state index contributed by atoms with van der Waals surface area (Å²) >= 11 is 0. The molecule has 0 bridgehead atoms. The molecule has 3 N–H and O–H groups in total. The molecule has 2 aromatic carbocycles. The van der Waals surface area contributed by atoms with Gasteiger partial charge in [0.2, 0.25) is 0 Å². The van der Waals surface area contributed by atoms with E-state index in [1.807, 2.05) is 12.3 Å². The molecular formula is C20H24N4O. The number of fused-ring (bicyclic) bond motifs is 1. The average molecular weight is 336 g/mol. The molecule has 1 aromatic heterocycles. The Labute approximate surface area is 147 Å². The van der Waals surface area contributed by atoms with E-state index in [0.29, 0.717) is 0 Å². The van der Waals surface area contributed by atoms with Gasteiger partial charge in [-0.2, -0.15) is 5.10 Å². The van der Waals surface area contributed by atoms with Crippen LogP contribution < -0.4 is 10.2 Å². The van der Waals surface area contributed by atoms with Crippen molar-refractivity contribution in [2.45, 2.75) is 31.9 Å². The average Bonchev–Trinajstić information content (AvgIpc) is 3.10. The monoisotopic (exact) mass is 336 g/mol. The van der Waals surface area contributed by atoms with E-state index in [2.05, 4.69) is 63.7 Å². The maximum Gasteiger partial charge on any atom is 0.0651 e. The number of aromatic nitrogens is 2. The highest BCUT2D eigenvalue weighted by molar-refractivity contribution is 5.81. The number of rotatable bonds is 4. The lowest BCUT2D eigenvalue weighted by Crippen LogP contribution is -2.35. The summed E-state index contributed by atoms with van der Waals surface area (Å²) in [5, 5.41) is 21.3. The molecule has 1 saturated heterocycles. The van der Waals surface area contributed by atoms with Gasteiger partial charge in [-0.25, -0.2) is 0 Å². The third kappa shape index (κ3) is 3.46. The summed E-state index contributed by atoms with van der Waals surface area (Å²) in [6.07, 6.45) is 3.43. The molecule has 0 spiro atoms. The zero-order valence-corrected chi connectivity index (χ0v) is 14.4. The highest BCUT2D eigenvalue weighted by atomic mass is 16.3. The van der Waals surface area contributed by atoms with E-state index in [1.54, 1.807) is 0 Å². The maximum absolute atomic E-state index is 9.64. The Kier molecular flexibility index (Phi) is 4.32. The fraction of sp³-hybridized carbons (Fsp3) is 0.350. The van der Waals surface area contributed by atoms with Crippen molar-refractivity contribution < 1.29 is 5.11 Å². The zero-order valence-electron chi connectivity index (χ0n) is 14.4. The Morgan fingerprint density at radius 3 is 2.68 bits per heavy atom. The highest BCUT2D eigenvalue weighted by Crippen LogP contribution is 2.25. The van der Waals surface area contributed by atoms with Gasteiger partial charge in [-0.1, -0.05) is 12.1 Å². The van der Waals surface area contributed by atoms with E-state index >= 15 is 0 Å². The number of aliphatic hydroxyl groups is 1. The Hall–Kier alpha value is -2.53. The van der Waals surface area contributed by atoms with E-state index < -0.39 is 0 Å². The Morgan fingerprint density at radius 2 is 1.92 bits per heavy atom. The molecule has 1 unspecified atom stereocenters. The second-order valence-electron chi connectivity index (χ2n) is 6.85. The number of piperidine rings is 1. The number of aromatic amines is 1. The molecule has 0 amide bonds. The van der Waals surface area contributed by atoms with Crippen LogP contribution in [0.4, 0.5) is 11.4 Å². The summed E-state index contributed by atoms with van der Waals surface area (Å²) in [4.78, 5) is 2.35. The number of aliphatic hydroxyl groups excluding tert-OH is 1. The van der Waals surface area contributed by atoms with Gasteiger partial charge >= 0.3 is 0 Å². The van der Waals surface area contributed by atoms with Crippen molar-refractivity contribution >= 4 is 22.3 Å². The van der Waals surface area contributed by atoms with Crippen molar-refractivity contribution in [1.82, 2.24) is 10.2 Å². The van der Waals surface area contributed by atoms with Gasteiger partial charge in [0.25, 0.3) is 0 Å². The third-order valence-corrected chi connectivity index (χ3v) is 5.05. The number of hydrogen-bond donors (Lipinski definition) is 3. The predicted octanol–water partition coefficient (Wildman–Crippen LogP) is 3.70. The van der Waals surface area contributed by atoms with Crippen LogP contribution in [-0.2, 0) is 0 Å². The number of anilines is 2. The molecule has 1 aliphatic rings. The van der Waals surface area contributed by atoms with Crippen molar-refractivity contribution in [3.8, 4) is 0 Å². The number of H-pyrrole nitrogens is 1. The minimum atomic E-state index is -0.132. The van der Waals surface area contributed by atoms with E-state index in [0.717, 1.165) is 42.5 Å². The summed E-state index contributed by atoms with van der Waals surface area (Å²) < 4.78 is 0. The second-order valence-corrected chi connectivity index (χ2v) is 6.85. The first kappa shape index (κ1) is 16.0. The number of nitrogens with zero attached hydrogens (tertiary/aromatic N) is 2. The van der Waals surface area contributed by atoms with Crippen LogP contribution in [0.1, 0.15) is 31.4 Å². The Balaban J connectivity index is 1.43. The van der Waals surface area contributed by atoms with Crippen LogP contribution in [0.25, 0.3) is 10.9 Å². The quantitative estimate of drug-likeness (QED) is 0.680. The normalized spacial score (nSPS) is 17.0. The van der Waals surface area contributed by atoms with Crippen LogP contribution in [0.5, 0.6) is 0 Å². The van der Waals surface area contributed by atoms with Crippen molar-refractivity contribution in [3.63, 3.8) is 0 Å². The number of nitrogens with one attached hydrogen (secondary N) is 2. The zero-order chi connectivity index (χ0) is 17.2. The SMILES string of the molecule is CC(Nc1ccc2[nH]ncc2c1)c1ccc(N2CCC(O)CC2)cc1. The van der Waals surface area contributed by atoms with Gasteiger partial charge in [0, 0.05) is 35.9 Å². The summed E-state index contributed by atoms with van der Waals surface area (Å²) in [6, 6.07) is 15.2. The summed E-state index contributed by atoms with van der Waals surface area (Å²) in [5.74, 6) is 0. The lowest BCUT2D eigenvalue weighted by atomic mass is 10.0. The van der Waals surface area contributed by atoms with Crippen molar-refractivity contribution in [3.05, 3.63) is 54.2 Å². The van der Waals surface area contributed by atoms with Gasteiger partial charge in [0.05, 0.1) is 17.8 Å². The topological polar surface area (TPSA) is 64.2 Å². The van der Waals surface area contributed by atoms with Gasteiger partial charge in [0.15, 0.2) is 0 Å². The number of benzene rings is 2. The van der Waals surface area contributed by atoms with Crippen LogP contribution in [0.15, 0.2) is 48.7 Å². The van der Waals surface area contributed by atoms with Gasteiger partial charge < -0.3 is 15.3 Å². The van der Waals surface area contributed by atoms with Crippen molar-refractivity contribution in [1.29, 1.82) is 0 Å². The fourth-order valence-electron chi connectivity index (χ4n) is 3.46. The molecule has 0 aliphatic carbocycles. The Bertz CT molecular complexity index is 834. The fourth-order valence-corrected chi connectivity index (χ4v) is 3.46. The highest BCUT2D eigenvalue weighted by Gasteiger charge is 2.17. The molecule has 25 heavy (non-hydrogen) atoms. The van der Waals surface area contributed by atoms with Gasteiger partial charge in [-0.3, -0.25) is 5.10 Å². The van der Waals surface area contributed by atoms with Crippen LogP contribution in [0.3, 0.4) is 0 Å². The summed E-state index contributed by atoms with van der Waals surface area (Å²) in [6.45, 7) is 4.03. The molecule has 1 aliphatic heterocycles. The molecule has 0 radical (unpaired) electrons. The summed E-state index contributed by atoms with van der Waals surface area (Å²) in [7, 11) is 0. The largest absolute Gasteiger partial charge is 0.393 e. The standard InChI is InChI=1S/C20H24N4O/c1-14(22-17-4-7-20-16(12-17)13-21-23-20)15-2-5-18(6-3-15)24-10-8-19(25)9-11-24/h2-7,12-14,19,22,25H,8-11H2,1H3,(H,21,23). The molecule has 0 saturated carbocycles. The first-order valence-corrected chi connectivity index (χ1v) is 8.92. The maximum atomic E-state index is 9.64. The Morgan fingerprint density at radius 1 is 1.16 bits per heavy atom. The molecule has 1 atom stereocenters. The summed E-state index contributed by atoms with van der Waals surface area (Å²) in [5.41, 5.74) is 4.64. The minimum absolute atomic E-state index is 0.132. The first-order valence-electron chi connectivity index (χ1n) is 8.92. The van der Waals surface area contributed by atoms with Crippen molar-refractivity contribution in [2.24, 2.45) is 0 Å². The molecule has 5 heteroatoms. The molecule has 2 heterocycles. The smallest absolute Gasteiger partial charge is 0.0651 e. The predicted molar refractivity (Wildman–Crippen MR) is 102 cm³/mol.